The van der Waals surface area contributed by atoms with Crippen molar-refractivity contribution >= 4 is 16.0 Å². The van der Waals surface area contributed by atoms with Gasteiger partial charge in [0.1, 0.15) is 0 Å². The molecular weight excluding hydrogens is 344 g/mol. The molecule has 0 radical (unpaired) electrons. The van der Waals surface area contributed by atoms with Gasteiger partial charge in [-0.3, -0.25) is 0 Å². The molecule has 0 aliphatic carbocycles. The maximum atomic E-state index is 12.2. The van der Waals surface area contributed by atoms with Crippen molar-refractivity contribution in [2.45, 2.75) is 30.9 Å². The van der Waals surface area contributed by atoms with Gasteiger partial charge in [0.25, 0.3) is 10.0 Å². The van der Waals surface area contributed by atoms with Crippen molar-refractivity contribution in [2.75, 3.05) is 13.7 Å². The fraction of sp³-hybridized carbons (Fsp3) is 0.353. The van der Waals surface area contributed by atoms with Gasteiger partial charge >= 0.3 is 5.97 Å². The Hall–Kier alpha value is -2.16. The monoisotopic (exact) mass is 366 g/mol. The van der Waals surface area contributed by atoms with Crippen molar-refractivity contribution in [3.63, 3.8) is 0 Å². The molecule has 2 rings (SSSR count). The first-order chi connectivity index (χ1) is 11.7. The van der Waals surface area contributed by atoms with Crippen LogP contribution in [0.2, 0.25) is 0 Å². The first-order valence-electron chi connectivity index (χ1n) is 7.78. The highest BCUT2D eigenvalue weighted by atomic mass is 32.2. The number of methoxy groups -OCH3 is 1. The van der Waals surface area contributed by atoms with E-state index in [2.05, 4.69) is 23.3 Å². The number of carbonyl (C=O) groups is 1. The normalized spacial score (nSPS) is 13.0. The number of hydrogen-bond donors (Lipinski definition) is 2. The number of ether oxygens (including phenoxy) is 1. The summed E-state index contributed by atoms with van der Waals surface area (Å²) in [6.45, 7) is 4.18. The molecule has 1 aromatic heterocycles. The molecule has 0 spiro atoms. The second kappa shape index (κ2) is 7.81. The van der Waals surface area contributed by atoms with Crippen LogP contribution < -0.4 is 10.5 Å². The van der Waals surface area contributed by atoms with Crippen LogP contribution in [0.3, 0.4) is 0 Å². The minimum Gasteiger partial charge on any atom is -0.463 e. The summed E-state index contributed by atoms with van der Waals surface area (Å²) in [5.41, 5.74) is 8.05. The maximum Gasteiger partial charge on any atom is 0.374 e. The fourth-order valence-electron chi connectivity index (χ4n) is 2.19. The molecular formula is C17H22N2O5S. The van der Waals surface area contributed by atoms with Crippen LogP contribution in [-0.4, -0.2) is 28.0 Å². The lowest BCUT2D eigenvalue weighted by atomic mass is 9.99. The topological polar surface area (TPSA) is 112 Å². The Labute approximate surface area is 147 Å². The first kappa shape index (κ1) is 19.2. The van der Waals surface area contributed by atoms with E-state index < -0.39 is 22.0 Å². The van der Waals surface area contributed by atoms with Crippen LogP contribution in [0.25, 0.3) is 0 Å². The molecule has 8 heteroatoms. The van der Waals surface area contributed by atoms with E-state index in [4.69, 9.17) is 10.2 Å². The van der Waals surface area contributed by atoms with Crippen LogP contribution in [0.1, 0.15) is 47.5 Å². The number of esters is 1. The Kier molecular flexibility index (Phi) is 5.99. The third kappa shape index (κ3) is 4.68. The lowest BCUT2D eigenvalue weighted by molar-refractivity contribution is 0.0559. The molecule has 0 aliphatic rings. The van der Waals surface area contributed by atoms with Crippen LogP contribution in [-0.2, 0) is 14.8 Å². The summed E-state index contributed by atoms with van der Waals surface area (Å²) >= 11 is 0. The Morgan fingerprint density at radius 3 is 2.32 bits per heavy atom. The molecule has 0 amide bonds. The highest BCUT2D eigenvalue weighted by Gasteiger charge is 2.22. The average Bonchev–Trinajstić information content (AvgIpc) is 3.10. The van der Waals surface area contributed by atoms with E-state index in [0.29, 0.717) is 5.92 Å². The highest BCUT2D eigenvalue weighted by molar-refractivity contribution is 7.89. The summed E-state index contributed by atoms with van der Waals surface area (Å²) in [5.74, 6) is -0.522. The number of nitrogens with one attached hydrogen (secondary N) is 1. The van der Waals surface area contributed by atoms with E-state index in [-0.39, 0.29) is 17.4 Å². The van der Waals surface area contributed by atoms with Gasteiger partial charge in [-0.25, -0.2) is 17.9 Å². The summed E-state index contributed by atoms with van der Waals surface area (Å²) in [7, 11) is -2.73. The van der Waals surface area contributed by atoms with Crippen molar-refractivity contribution < 1.29 is 22.4 Å². The van der Waals surface area contributed by atoms with Gasteiger partial charge in [0.2, 0.25) is 10.9 Å². The van der Waals surface area contributed by atoms with Gasteiger partial charge in [0, 0.05) is 12.6 Å². The van der Waals surface area contributed by atoms with Crippen molar-refractivity contribution in [1.29, 1.82) is 0 Å². The van der Waals surface area contributed by atoms with E-state index >= 15 is 0 Å². The molecule has 0 bridgehead atoms. The smallest absolute Gasteiger partial charge is 0.374 e. The number of nitrogens with two attached hydrogens (primary N) is 1. The quantitative estimate of drug-likeness (QED) is 0.726. The number of sulfonamides is 1. The predicted octanol–water partition coefficient (Wildman–Crippen LogP) is 2.17. The molecule has 2 aromatic rings. The Morgan fingerprint density at radius 2 is 1.76 bits per heavy atom. The summed E-state index contributed by atoms with van der Waals surface area (Å²) in [6.07, 6.45) is 0. The van der Waals surface area contributed by atoms with Gasteiger partial charge in [0.05, 0.1) is 7.11 Å². The van der Waals surface area contributed by atoms with Crippen molar-refractivity contribution in [3.05, 3.63) is 53.3 Å². The third-order valence-corrected chi connectivity index (χ3v) is 5.05. The average molecular weight is 366 g/mol. The SMILES string of the molecule is COC(=O)c1ccc(S(=O)(=O)NCC(N)c2ccc(C(C)C)cc2)o1. The van der Waals surface area contributed by atoms with Gasteiger partial charge in [0.15, 0.2) is 0 Å². The second-order valence-electron chi connectivity index (χ2n) is 5.89. The van der Waals surface area contributed by atoms with Gasteiger partial charge in [-0.05, 0) is 29.2 Å². The minimum absolute atomic E-state index is 0.00236. The molecule has 1 unspecified atom stereocenters. The van der Waals surface area contributed by atoms with Gasteiger partial charge in [-0.2, -0.15) is 0 Å². The van der Waals surface area contributed by atoms with Crippen molar-refractivity contribution in [1.82, 2.24) is 4.72 Å². The standard InChI is InChI=1S/C17H22N2O5S/c1-11(2)12-4-6-13(7-5-12)14(18)10-19-25(21,22)16-9-8-15(24-16)17(20)23-3/h4-9,11,14,19H,10,18H2,1-3H3. The zero-order valence-corrected chi connectivity index (χ0v) is 15.2. The molecule has 1 atom stereocenters. The van der Waals surface area contributed by atoms with E-state index in [1.165, 1.54) is 24.8 Å². The molecule has 0 aliphatic heterocycles. The van der Waals surface area contributed by atoms with Crippen LogP contribution >= 0.6 is 0 Å². The zero-order valence-electron chi connectivity index (χ0n) is 14.4. The number of carbonyl (C=O) groups excluding carboxylic acids is 1. The van der Waals surface area contributed by atoms with Crippen LogP contribution in [0.4, 0.5) is 0 Å². The minimum atomic E-state index is -3.91. The van der Waals surface area contributed by atoms with E-state index in [0.717, 1.165) is 5.56 Å². The van der Waals surface area contributed by atoms with Crippen molar-refractivity contribution in [3.8, 4) is 0 Å². The first-order valence-corrected chi connectivity index (χ1v) is 9.26. The van der Waals surface area contributed by atoms with Crippen molar-refractivity contribution in [2.24, 2.45) is 5.73 Å². The van der Waals surface area contributed by atoms with E-state index in [1.807, 2.05) is 24.3 Å². The molecule has 0 saturated heterocycles. The summed E-state index contributed by atoms with van der Waals surface area (Å²) in [6, 6.07) is 9.65. The second-order valence-corrected chi connectivity index (χ2v) is 7.59. The molecule has 0 fully saturated rings. The highest BCUT2D eigenvalue weighted by Crippen LogP contribution is 2.18. The van der Waals surface area contributed by atoms with Crippen LogP contribution in [0.15, 0.2) is 45.9 Å². The number of hydrogen-bond acceptors (Lipinski definition) is 6. The maximum absolute atomic E-state index is 12.2. The Morgan fingerprint density at radius 1 is 1.16 bits per heavy atom. The zero-order chi connectivity index (χ0) is 18.6. The van der Waals surface area contributed by atoms with E-state index in [1.54, 1.807) is 0 Å². The Balaban J connectivity index is 2.03. The predicted molar refractivity (Wildman–Crippen MR) is 92.7 cm³/mol. The largest absolute Gasteiger partial charge is 0.463 e. The molecule has 25 heavy (non-hydrogen) atoms. The lowest BCUT2D eigenvalue weighted by Gasteiger charge is -2.14. The lowest BCUT2D eigenvalue weighted by Crippen LogP contribution is -2.31. The van der Waals surface area contributed by atoms with Gasteiger partial charge < -0.3 is 14.9 Å². The number of benzene rings is 1. The van der Waals surface area contributed by atoms with Crippen LogP contribution in [0.5, 0.6) is 0 Å². The third-order valence-electron chi connectivity index (χ3n) is 3.76. The van der Waals surface area contributed by atoms with Gasteiger partial charge in [-0.15, -0.1) is 0 Å². The molecule has 0 saturated carbocycles. The van der Waals surface area contributed by atoms with E-state index in [9.17, 15) is 13.2 Å². The molecule has 1 aromatic carbocycles. The number of furan rings is 1. The Bertz CT molecular complexity index is 825. The molecule has 3 N–H and O–H groups in total. The summed E-state index contributed by atoms with van der Waals surface area (Å²) in [5, 5.41) is -0.366. The molecule has 7 nitrogen and oxygen atoms in total. The summed E-state index contributed by atoms with van der Waals surface area (Å²) < 4.78 is 36.3. The molecule has 136 valence electrons. The molecule has 1 heterocycles. The number of rotatable bonds is 7. The van der Waals surface area contributed by atoms with Crippen LogP contribution in [0, 0.1) is 0 Å². The van der Waals surface area contributed by atoms with Gasteiger partial charge in [-0.1, -0.05) is 38.1 Å². The fourth-order valence-corrected chi connectivity index (χ4v) is 3.18. The summed E-state index contributed by atoms with van der Waals surface area (Å²) in [4.78, 5) is 11.3.